The fourth-order valence-corrected chi connectivity index (χ4v) is 4.01. The second-order valence-corrected chi connectivity index (χ2v) is 7.85. The van der Waals surface area contributed by atoms with Gasteiger partial charge < -0.3 is 9.84 Å². The summed E-state index contributed by atoms with van der Waals surface area (Å²) in [6, 6.07) is 12.8. The fourth-order valence-electron chi connectivity index (χ4n) is 2.68. The van der Waals surface area contributed by atoms with E-state index in [1.54, 1.807) is 18.3 Å². The first-order valence-electron chi connectivity index (χ1n) is 8.10. The molecule has 27 heavy (non-hydrogen) atoms. The highest BCUT2D eigenvalue weighted by atomic mass is 35.5. The molecule has 0 saturated heterocycles. The average Bonchev–Trinajstić information content (AvgIpc) is 3.25. The molecule has 5 nitrogen and oxygen atoms in total. The normalized spacial score (nSPS) is 11.0. The Morgan fingerprint density at radius 1 is 1.19 bits per heavy atom. The first-order valence-corrected chi connectivity index (χ1v) is 9.67. The van der Waals surface area contributed by atoms with Crippen molar-refractivity contribution in [2.45, 2.75) is 12.8 Å². The Labute approximate surface area is 168 Å². The Morgan fingerprint density at radius 2 is 2.04 bits per heavy atom. The molecule has 0 bridgehead atoms. The number of aromatic nitrogens is 2. The SMILES string of the molecule is O=C(Cc1noc2ccccc12)Nc1ncc(Cc2ccc(Cl)cc2Cl)s1. The second kappa shape index (κ2) is 7.68. The molecule has 1 N–H and O–H groups in total. The van der Waals surface area contributed by atoms with E-state index in [9.17, 15) is 4.79 Å². The molecule has 0 radical (unpaired) electrons. The van der Waals surface area contributed by atoms with Crippen molar-refractivity contribution in [2.24, 2.45) is 0 Å². The first-order chi connectivity index (χ1) is 13.1. The van der Waals surface area contributed by atoms with Gasteiger partial charge >= 0.3 is 0 Å². The van der Waals surface area contributed by atoms with E-state index >= 15 is 0 Å². The van der Waals surface area contributed by atoms with Gasteiger partial charge in [-0.3, -0.25) is 4.79 Å². The standard InChI is InChI=1S/C19H13Cl2N3O2S/c20-12-6-5-11(15(21)8-12)7-13-10-22-19(27-13)23-18(25)9-16-14-3-1-2-4-17(14)26-24-16/h1-6,8,10H,7,9H2,(H,22,23,25). The highest BCUT2D eigenvalue weighted by molar-refractivity contribution is 7.15. The zero-order chi connectivity index (χ0) is 18.8. The molecule has 8 heteroatoms. The molecule has 0 spiro atoms. The molecule has 0 fully saturated rings. The van der Waals surface area contributed by atoms with Crippen LogP contribution in [0.15, 0.2) is 53.2 Å². The number of carbonyl (C=O) groups is 1. The maximum Gasteiger partial charge on any atom is 0.232 e. The minimum atomic E-state index is -0.195. The zero-order valence-corrected chi connectivity index (χ0v) is 16.2. The number of thiazole rings is 1. The molecule has 0 aliphatic rings. The number of nitrogens with one attached hydrogen (secondary N) is 1. The van der Waals surface area contributed by atoms with Crippen LogP contribution in [0.25, 0.3) is 11.0 Å². The largest absolute Gasteiger partial charge is 0.356 e. The van der Waals surface area contributed by atoms with Gasteiger partial charge in [-0.1, -0.05) is 46.6 Å². The quantitative estimate of drug-likeness (QED) is 0.474. The molecule has 4 aromatic rings. The van der Waals surface area contributed by atoms with Gasteiger partial charge in [0.15, 0.2) is 10.7 Å². The predicted molar refractivity (Wildman–Crippen MR) is 108 cm³/mol. The molecule has 136 valence electrons. The van der Waals surface area contributed by atoms with Gasteiger partial charge in [0, 0.05) is 32.9 Å². The van der Waals surface area contributed by atoms with E-state index < -0.39 is 0 Å². The van der Waals surface area contributed by atoms with Crippen LogP contribution >= 0.6 is 34.5 Å². The van der Waals surface area contributed by atoms with Crippen molar-refractivity contribution < 1.29 is 9.32 Å². The van der Waals surface area contributed by atoms with E-state index in [2.05, 4.69) is 15.5 Å². The molecule has 0 aliphatic carbocycles. The molecule has 1 amide bonds. The van der Waals surface area contributed by atoms with Crippen molar-refractivity contribution >= 4 is 56.5 Å². The van der Waals surface area contributed by atoms with Crippen LogP contribution in [0.3, 0.4) is 0 Å². The van der Waals surface area contributed by atoms with Crippen LogP contribution < -0.4 is 5.32 Å². The number of amides is 1. The van der Waals surface area contributed by atoms with Crippen molar-refractivity contribution in [3.63, 3.8) is 0 Å². The number of para-hydroxylation sites is 1. The Balaban J connectivity index is 1.42. The summed E-state index contributed by atoms with van der Waals surface area (Å²) in [6.07, 6.45) is 2.48. The molecule has 2 aromatic carbocycles. The summed E-state index contributed by atoms with van der Waals surface area (Å²) < 4.78 is 5.23. The van der Waals surface area contributed by atoms with Crippen LogP contribution in [0.2, 0.25) is 10.0 Å². The fraction of sp³-hybridized carbons (Fsp3) is 0.105. The van der Waals surface area contributed by atoms with Crippen LogP contribution in [0, 0.1) is 0 Å². The van der Waals surface area contributed by atoms with Crippen molar-refractivity contribution in [1.29, 1.82) is 0 Å². The van der Waals surface area contributed by atoms with Crippen molar-refractivity contribution in [1.82, 2.24) is 10.1 Å². The maximum absolute atomic E-state index is 12.3. The van der Waals surface area contributed by atoms with E-state index in [0.29, 0.717) is 32.9 Å². The number of fused-ring (bicyclic) bond motifs is 1. The van der Waals surface area contributed by atoms with Crippen LogP contribution in [-0.2, 0) is 17.6 Å². The smallest absolute Gasteiger partial charge is 0.232 e. The third-order valence-corrected chi connectivity index (χ3v) is 5.46. The van der Waals surface area contributed by atoms with Gasteiger partial charge in [0.2, 0.25) is 5.91 Å². The Morgan fingerprint density at radius 3 is 2.89 bits per heavy atom. The number of hydrogen-bond acceptors (Lipinski definition) is 5. The molecule has 0 saturated carbocycles. The minimum absolute atomic E-state index is 0.120. The molecule has 0 atom stereocenters. The van der Waals surface area contributed by atoms with Gasteiger partial charge in [-0.25, -0.2) is 4.98 Å². The highest BCUT2D eigenvalue weighted by Crippen LogP contribution is 2.27. The maximum atomic E-state index is 12.3. The van der Waals surface area contributed by atoms with Crippen LogP contribution in [0.4, 0.5) is 5.13 Å². The van der Waals surface area contributed by atoms with Gasteiger partial charge in [0.25, 0.3) is 0 Å². The minimum Gasteiger partial charge on any atom is -0.356 e. The first kappa shape index (κ1) is 18.0. The van der Waals surface area contributed by atoms with Crippen molar-refractivity contribution in [2.75, 3.05) is 5.32 Å². The number of benzene rings is 2. The molecule has 2 aromatic heterocycles. The monoisotopic (exact) mass is 417 g/mol. The van der Waals surface area contributed by atoms with E-state index in [4.69, 9.17) is 27.7 Å². The summed E-state index contributed by atoms with van der Waals surface area (Å²) in [5, 5.41) is 9.37. The Hall–Kier alpha value is -2.41. The van der Waals surface area contributed by atoms with E-state index in [0.717, 1.165) is 15.8 Å². The van der Waals surface area contributed by atoms with Crippen molar-refractivity contribution in [3.05, 3.63) is 74.8 Å². The second-order valence-electron chi connectivity index (χ2n) is 5.89. The lowest BCUT2D eigenvalue weighted by molar-refractivity contribution is -0.115. The summed E-state index contributed by atoms with van der Waals surface area (Å²) in [7, 11) is 0. The van der Waals surface area contributed by atoms with E-state index in [1.807, 2.05) is 30.3 Å². The van der Waals surface area contributed by atoms with Crippen LogP contribution in [-0.4, -0.2) is 16.0 Å². The van der Waals surface area contributed by atoms with E-state index in [1.165, 1.54) is 11.3 Å². The van der Waals surface area contributed by atoms with Crippen LogP contribution in [0.5, 0.6) is 0 Å². The lowest BCUT2D eigenvalue weighted by Gasteiger charge is -2.02. The molecule has 0 aliphatic heterocycles. The summed E-state index contributed by atoms with van der Waals surface area (Å²) in [5.41, 5.74) is 2.22. The number of nitrogens with zero attached hydrogens (tertiary/aromatic N) is 2. The topological polar surface area (TPSA) is 68.0 Å². The molecule has 0 unspecified atom stereocenters. The predicted octanol–water partition coefficient (Wildman–Crippen LogP) is 5.36. The van der Waals surface area contributed by atoms with Gasteiger partial charge in [0.1, 0.15) is 5.69 Å². The summed E-state index contributed by atoms with van der Waals surface area (Å²) in [4.78, 5) is 17.6. The zero-order valence-electron chi connectivity index (χ0n) is 13.9. The molecular weight excluding hydrogens is 405 g/mol. The Kier molecular flexibility index (Phi) is 5.11. The molecule has 4 rings (SSSR count). The van der Waals surface area contributed by atoms with Gasteiger partial charge in [0.05, 0.1) is 6.42 Å². The third-order valence-electron chi connectivity index (χ3n) is 3.96. The summed E-state index contributed by atoms with van der Waals surface area (Å²) in [5.74, 6) is -0.195. The van der Waals surface area contributed by atoms with Gasteiger partial charge in [-0.05, 0) is 29.8 Å². The summed E-state index contributed by atoms with van der Waals surface area (Å²) >= 11 is 13.5. The lowest BCUT2D eigenvalue weighted by Crippen LogP contribution is -2.14. The lowest BCUT2D eigenvalue weighted by atomic mass is 10.1. The Bertz CT molecular complexity index is 1120. The van der Waals surface area contributed by atoms with Gasteiger partial charge in [-0.2, -0.15) is 0 Å². The summed E-state index contributed by atoms with van der Waals surface area (Å²) in [6.45, 7) is 0. The highest BCUT2D eigenvalue weighted by Gasteiger charge is 2.14. The molecular formula is C19H13Cl2N3O2S. The van der Waals surface area contributed by atoms with E-state index in [-0.39, 0.29) is 12.3 Å². The number of halogens is 2. The number of rotatable bonds is 5. The number of hydrogen-bond donors (Lipinski definition) is 1. The number of anilines is 1. The van der Waals surface area contributed by atoms with Crippen LogP contribution in [0.1, 0.15) is 16.1 Å². The average molecular weight is 418 g/mol. The number of carbonyl (C=O) groups excluding carboxylic acids is 1. The van der Waals surface area contributed by atoms with Gasteiger partial charge in [-0.15, -0.1) is 11.3 Å². The molecule has 2 heterocycles. The van der Waals surface area contributed by atoms with Crippen molar-refractivity contribution in [3.8, 4) is 0 Å². The third kappa shape index (κ3) is 4.13.